The summed E-state index contributed by atoms with van der Waals surface area (Å²) < 4.78 is 39.0. The molecule has 0 N–H and O–H groups in total. The lowest BCUT2D eigenvalue weighted by Gasteiger charge is -2.05. The minimum Gasteiger partial charge on any atom is -0.220 e. The highest BCUT2D eigenvalue weighted by Gasteiger charge is 2.30. The van der Waals surface area contributed by atoms with E-state index in [2.05, 4.69) is 10.1 Å². The van der Waals surface area contributed by atoms with Gasteiger partial charge in [-0.3, -0.25) is 0 Å². The van der Waals surface area contributed by atoms with Gasteiger partial charge in [0.15, 0.2) is 11.5 Å². The molecule has 0 spiro atoms. The van der Waals surface area contributed by atoms with Gasteiger partial charge in [0, 0.05) is 17.8 Å². The first kappa shape index (κ1) is 13.1. The average Bonchev–Trinajstić information content (AvgIpc) is 2.89. The second-order valence-corrected chi connectivity index (χ2v) is 4.34. The van der Waals surface area contributed by atoms with Crippen LogP contribution in [0.2, 0.25) is 0 Å². The molecule has 4 nitrogen and oxygen atoms in total. The molecule has 104 valence electrons. The van der Waals surface area contributed by atoms with Crippen molar-refractivity contribution >= 4 is 5.65 Å². The van der Waals surface area contributed by atoms with E-state index in [1.807, 2.05) is 6.07 Å². The molecule has 0 radical (unpaired) electrons. The van der Waals surface area contributed by atoms with Crippen LogP contribution in [0, 0.1) is 11.3 Å². The van der Waals surface area contributed by atoms with Gasteiger partial charge >= 0.3 is 6.18 Å². The molecule has 7 heteroatoms. The summed E-state index contributed by atoms with van der Waals surface area (Å²) in [7, 11) is 0. The lowest BCUT2D eigenvalue weighted by atomic mass is 10.1. The molecule has 0 saturated carbocycles. The molecule has 3 aromatic rings. The molecule has 0 aliphatic rings. The molecular formula is C14H7F3N4. The third-order valence-corrected chi connectivity index (χ3v) is 2.94. The van der Waals surface area contributed by atoms with Gasteiger partial charge in [0.1, 0.15) is 0 Å². The second kappa shape index (κ2) is 4.59. The summed E-state index contributed by atoms with van der Waals surface area (Å²) in [5.41, 5.74) is 0.657. The smallest absolute Gasteiger partial charge is 0.220 e. The number of pyridine rings is 1. The fourth-order valence-corrected chi connectivity index (χ4v) is 1.88. The zero-order chi connectivity index (χ0) is 15.0. The van der Waals surface area contributed by atoms with Gasteiger partial charge in [-0.05, 0) is 18.2 Å². The van der Waals surface area contributed by atoms with Crippen LogP contribution in [0.5, 0.6) is 0 Å². The summed E-state index contributed by atoms with van der Waals surface area (Å²) in [6, 6.07) is 9.74. The first-order valence-corrected chi connectivity index (χ1v) is 5.91. The summed E-state index contributed by atoms with van der Waals surface area (Å²) in [6.45, 7) is 0. The van der Waals surface area contributed by atoms with Crippen LogP contribution in [0.4, 0.5) is 13.2 Å². The number of alkyl halides is 3. The van der Waals surface area contributed by atoms with E-state index >= 15 is 0 Å². The Labute approximate surface area is 117 Å². The van der Waals surface area contributed by atoms with E-state index in [-0.39, 0.29) is 0 Å². The van der Waals surface area contributed by atoms with Crippen molar-refractivity contribution in [2.45, 2.75) is 6.18 Å². The first-order valence-electron chi connectivity index (χ1n) is 5.91. The molecule has 0 fully saturated rings. The van der Waals surface area contributed by atoms with E-state index in [9.17, 15) is 13.2 Å². The number of nitrogens with zero attached hydrogens (tertiary/aromatic N) is 4. The molecule has 21 heavy (non-hydrogen) atoms. The lowest BCUT2D eigenvalue weighted by molar-refractivity contribution is -0.137. The molecule has 1 aromatic carbocycles. The largest absolute Gasteiger partial charge is 0.416 e. The second-order valence-electron chi connectivity index (χ2n) is 4.34. The van der Waals surface area contributed by atoms with Crippen LogP contribution < -0.4 is 0 Å². The standard InChI is InChI=1S/C14H7F3N4/c15-14(16,17)11-3-1-10(2-4-11)13-19-12-7-9(8-18)5-6-21(12)20-13/h1-7H. The van der Waals surface area contributed by atoms with Crippen molar-refractivity contribution in [1.82, 2.24) is 14.6 Å². The minimum atomic E-state index is -4.37. The number of benzene rings is 1. The van der Waals surface area contributed by atoms with Crippen LogP contribution in [0.3, 0.4) is 0 Å². The first-order chi connectivity index (χ1) is 9.97. The Bertz CT molecular complexity index is 841. The molecule has 0 amide bonds. The van der Waals surface area contributed by atoms with Gasteiger partial charge in [-0.25, -0.2) is 9.50 Å². The third kappa shape index (κ3) is 2.43. The summed E-state index contributed by atoms with van der Waals surface area (Å²) in [5, 5.41) is 13.0. The van der Waals surface area contributed by atoms with Crippen molar-refractivity contribution in [2.75, 3.05) is 0 Å². The van der Waals surface area contributed by atoms with Gasteiger partial charge < -0.3 is 0 Å². The topological polar surface area (TPSA) is 54.0 Å². The maximum Gasteiger partial charge on any atom is 0.416 e. The Morgan fingerprint density at radius 2 is 1.81 bits per heavy atom. The van der Waals surface area contributed by atoms with Crippen molar-refractivity contribution in [3.05, 3.63) is 53.7 Å². The van der Waals surface area contributed by atoms with Gasteiger partial charge in [-0.2, -0.15) is 18.4 Å². The molecule has 0 aliphatic heterocycles. The van der Waals surface area contributed by atoms with Crippen molar-refractivity contribution < 1.29 is 13.2 Å². The number of fused-ring (bicyclic) bond motifs is 1. The fraction of sp³-hybridized carbons (Fsp3) is 0.0714. The summed E-state index contributed by atoms with van der Waals surface area (Å²) in [5.74, 6) is 0.304. The SMILES string of the molecule is N#Cc1ccn2nc(-c3ccc(C(F)(F)F)cc3)nc2c1. The van der Waals surface area contributed by atoms with Crippen LogP contribution in [-0.4, -0.2) is 14.6 Å². The lowest BCUT2D eigenvalue weighted by Crippen LogP contribution is -2.04. The third-order valence-electron chi connectivity index (χ3n) is 2.94. The number of nitriles is 1. The zero-order valence-electron chi connectivity index (χ0n) is 10.5. The van der Waals surface area contributed by atoms with Gasteiger partial charge in [-0.15, -0.1) is 5.10 Å². The maximum absolute atomic E-state index is 12.5. The number of hydrogen-bond acceptors (Lipinski definition) is 3. The van der Waals surface area contributed by atoms with Crippen molar-refractivity contribution in [2.24, 2.45) is 0 Å². The number of halogens is 3. The Morgan fingerprint density at radius 3 is 2.43 bits per heavy atom. The molecule has 0 aliphatic carbocycles. The van der Waals surface area contributed by atoms with Gasteiger partial charge in [0.2, 0.25) is 0 Å². The predicted molar refractivity (Wildman–Crippen MR) is 68.1 cm³/mol. The molecule has 2 heterocycles. The van der Waals surface area contributed by atoms with Crippen LogP contribution in [0.15, 0.2) is 42.6 Å². The molecule has 0 unspecified atom stereocenters. The number of rotatable bonds is 1. The molecule has 0 bridgehead atoms. The molecule has 0 saturated heterocycles. The summed E-state index contributed by atoms with van der Waals surface area (Å²) in [6.07, 6.45) is -2.79. The monoisotopic (exact) mass is 288 g/mol. The highest BCUT2D eigenvalue weighted by molar-refractivity contribution is 5.59. The molecule has 2 aromatic heterocycles. The van der Waals surface area contributed by atoms with Crippen LogP contribution in [-0.2, 0) is 6.18 Å². The van der Waals surface area contributed by atoms with Gasteiger partial charge in [0.25, 0.3) is 0 Å². The van der Waals surface area contributed by atoms with Gasteiger partial charge in [0.05, 0.1) is 17.2 Å². The Morgan fingerprint density at radius 1 is 1.10 bits per heavy atom. The van der Waals surface area contributed by atoms with Crippen molar-refractivity contribution in [3.63, 3.8) is 0 Å². The quantitative estimate of drug-likeness (QED) is 0.690. The van der Waals surface area contributed by atoms with E-state index < -0.39 is 11.7 Å². The molecular weight excluding hydrogens is 281 g/mol. The number of aromatic nitrogens is 3. The van der Waals surface area contributed by atoms with E-state index in [1.165, 1.54) is 16.6 Å². The molecule has 3 rings (SSSR count). The minimum absolute atomic E-state index is 0.304. The zero-order valence-corrected chi connectivity index (χ0v) is 10.5. The summed E-state index contributed by atoms with van der Waals surface area (Å²) in [4.78, 5) is 4.20. The normalized spacial score (nSPS) is 11.5. The average molecular weight is 288 g/mol. The van der Waals surface area contributed by atoms with E-state index in [4.69, 9.17) is 5.26 Å². The fourth-order valence-electron chi connectivity index (χ4n) is 1.88. The Hall–Kier alpha value is -2.88. The van der Waals surface area contributed by atoms with Crippen LogP contribution >= 0.6 is 0 Å². The predicted octanol–water partition coefficient (Wildman–Crippen LogP) is 3.29. The maximum atomic E-state index is 12.5. The highest BCUT2D eigenvalue weighted by atomic mass is 19.4. The van der Waals surface area contributed by atoms with Crippen molar-refractivity contribution in [1.29, 1.82) is 5.26 Å². The number of hydrogen-bond donors (Lipinski definition) is 0. The van der Waals surface area contributed by atoms with Crippen LogP contribution in [0.1, 0.15) is 11.1 Å². The van der Waals surface area contributed by atoms with Crippen molar-refractivity contribution in [3.8, 4) is 17.5 Å². The van der Waals surface area contributed by atoms with E-state index in [0.29, 0.717) is 22.6 Å². The van der Waals surface area contributed by atoms with Crippen LogP contribution in [0.25, 0.3) is 17.0 Å². The van der Waals surface area contributed by atoms with E-state index in [1.54, 1.807) is 18.3 Å². The highest BCUT2D eigenvalue weighted by Crippen LogP contribution is 2.30. The van der Waals surface area contributed by atoms with Gasteiger partial charge in [-0.1, -0.05) is 12.1 Å². The molecule has 0 atom stereocenters. The Balaban J connectivity index is 2.02. The summed E-state index contributed by atoms with van der Waals surface area (Å²) >= 11 is 0. The van der Waals surface area contributed by atoms with E-state index in [0.717, 1.165) is 12.1 Å². The Kier molecular flexibility index (Phi) is 2.87.